The van der Waals surface area contributed by atoms with E-state index in [1.807, 2.05) is 13.1 Å². The Balaban J connectivity index is 3.68. The highest BCUT2D eigenvalue weighted by Gasteiger charge is 1.92. The Bertz CT molecular complexity index is 141. The van der Waals surface area contributed by atoms with Crippen LogP contribution in [0.25, 0.3) is 0 Å². The second-order valence-corrected chi connectivity index (χ2v) is 2.19. The minimum Gasteiger partial charge on any atom is -0.396 e. The third-order valence-corrected chi connectivity index (χ3v) is 1.24. The van der Waals surface area contributed by atoms with Gasteiger partial charge in [0.2, 0.25) is 0 Å². The highest BCUT2D eigenvalue weighted by molar-refractivity contribution is 5.89. The summed E-state index contributed by atoms with van der Waals surface area (Å²) in [6.45, 7) is 2.24. The van der Waals surface area contributed by atoms with E-state index >= 15 is 0 Å². The second-order valence-electron chi connectivity index (χ2n) is 2.19. The normalized spacial score (nSPS) is 12.8. The topological polar surface area (TPSA) is 45.0 Å². The number of amidine groups is 1. The first-order valence-electron chi connectivity index (χ1n) is 3.94. The second kappa shape index (κ2) is 7.41. The fourth-order valence-corrected chi connectivity index (χ4v) is 0.668. The van der Waals surface area contributed by atoms with Gasteiger partial charge in [-0.3, -0.25) is 4.99 Å². The zero-order chi connectivity index (χ0) is 8.53. The van der Waals surface area contributed by atoms with E-state index in [0.717, 1.165) is 25.1 Å². The number of aliphatic hydroxyl groups excluding tert-OH is 1. The molecule has 0 unspecified atom stereocenters. The molecule has 0 heterocycles. The summed E-state index contributed by atoms with van der Waals surface area (Å²) in [4.78, 5) is 8.08. The van der Waals surface area contributed by atoms with Crippen molar-refractivity contribution in [2.75, 3.05) is 13.7 Å². The molecule has 1 N–H and O–H groups in total. The van der Waals surface area contributed by atoms with Gasteiger partial charge in [-0.15, -0.1) is 0 Å². The maximum absolute atomic E-state index is 8.53. The highest BCUT2D eigenvalue weighted by atomic mass is 16.2. The number of aliphatic hydroxyl groups is 1. The maximum atomic E-state index is 8.53. The van der Waals surface area contributed by atoms with Crippen LogP contribution in [0, 0.1) is 0 Å². The number of nitrogens with zero attached hydrogens (tertiary/aromatic N) is 2. The van der Waals surface area contributed by atoms with Crippen LogP contribution in [0.5, 0.6) is 0 Å². The van der Waals surface area contributed by atoms with E-state index < -0.39 is 0 Å². The maximum Gasteiger partial charge on any atom is 0.122 e. The molecule has 0 rings (SSSR count). The summed E-state index contributed by atoms with van der Waals surface area (Å²) in [6.07, 6.45) is 4.27. The summed E-state index contributed by atoms with van der Waals surface area (Å²) in [5, 5.41) is 8.53. The van der Waals surface area contributed by atoms with Crippen LogP contribution in [0.3, 0.4) is 0 Å². The summed E-state index contributed by atoms with van der Waals surface area (Å²) < 4.78 is 0. The summed E-state index contributed by atoms with van der Waals surface area (Å²) >= 11 is 0. The van der Waals surface area contributed by atoms with Gasteiger partial charge in [-0.05, 0) is 12.8 Å². The van der Waals surface area contributed by atoms with Gasteiger partial charge in [0.15, 0.2) is 0 Å². The molecular weight excluding hydrogens is 140 g/mol. The third-order valence-electron chi connectivity index (χ3n) is 1.24. The van der Waals surface area contributed by atoms with E-state index in [-0.39, 0.29) is 6.61 Å². The van der Waals surface area contributed by atoms with E-state index in [1.54, 1.807) is 7.05 Å². The largest absolute Gasteiger partial charge is 0.396 e. The van der Waals surface area contributed by atoms with Crippen LogP contribution in [-0.4, -0.2) is 30.8 Å². The van der Waals surface area contributed by atoms with Gasteiger partial charge < -0.3 is 5.11 Å². The van der Waals surface area contributed by atoms with Gasteiger partial charge >= 0.3 is 0 Å². The molecule has 0 fully saturated rings. The summed E-state index contributed by atoms with van der Waals surface area (Å²) in [5.74, 6) is 0.820. The van der Waals surface area contributed by atoms with Gasteiger partial charge in [0, 0.05) is 26.3 Å². The molecule has 0 radical (unpaired) electrons. The van der Waals surface area contributed by atoms with Crippen LogP contribution >= 0.6 is 0 Å². The SMILES string of the molecule is CCC=NC(CCCO)=NC. The fraction of sp³-hybridized carbons (Fsp3) is 0.750. The molecule has 0 aromatic carbocycles. The Kier molecular flexibility index (Phi) is 6.94. The minimum absolute atomic E-state index is 0.209. The molecule has 0 saturated heterocycles. The number of rotatable bonds is 4. The molecule has 0 spiro atoms. The van der Waals surface area contributed by atoms with Crippen LogP contribution in [-0.2, 0) is 0 Å². The van der Waals surface area contributed by atoms with Crippen molar-refractivity contribution in [3.05, 3.63) is 0 Å². The Morgan fingerprint density at radius 1 is 1.55 bits per heavy atom. The average Bonchev–Trinajstić information content (AvgIpc) is 2.05. The van der Waals surface area contributed by atoms with Crippen molar-refractivity contribution in [2.45, 2.75) is 26.2 Å². The van der Waals surface area contributed by atoms with Gasteiger partial charge in [0.05, 0.1) is 0 Å². The predicted molar refractivity (Wildman–Crippen MR) is 48.5 cm³/mol. The lowest BCUT2D eigenvalue weighted by Crippen LogP contribution is -1.96. The van der Waals surface area contributed by atoms with E-state index in [1.165, 1.54) is 0 Å². The Labute approximate surface area is 67.9 Å². The molecule has 0 saturated carbocycles. The molecular formula is C8H16N2O. The smallest absolute Gasteiger partial charge is 0.122 e. The Morgan fingerprint density at radius 3 is 2.73 bits per heavy atom. The molecule has 0 bridgehead atoms. The van der Waals surface area contributed by atoms with E-state index in [9.17, 15) is 0 Å². The van der Waals surface area contributed by atoms with Crippen molar-refractivity contribution in [3.63, 3.8) is 0 Å². The lowest BCUT2D eigenvalue weighted by molar-refractivity contribution is 0.291. The van der Waals surface area contributed by atoms with Crippen molar-refractivity contribution in [1.82, 2.24) is 0 Å². The van der Waals surface area contributed by atoms with E-state index in [2.05, 4.69) is 9.98 Å². The van der Waals surface area contributed by atoms with Crippen molar-refractivity contribution >= 4 is 12.1 Å². The van der Waals surface area contributed by atoms with Crippen LogP contribution in [0.15, 0.2) is 9.98 Å². The van der Waals surface area contributed by atoms with Gasteiger partial charge in [-0.1, -0.05) is 6.92 Å². The van der Waals surface area contributed by atoms with Crippen LogP contribution < -0.4 is 0 Å². The lowest BCUT2D eigenvalue weighted by atomic mass is 10.3. The monoisotopic (exact) mass is 156 g/mol. The number of hydrogen-bond donors (Lipinski definition) is 1. The summed E-state index contributed by atoms with van der Waals surface area (Å²) in [6, 6.07) is 0. The van der Waals surface area contributed by atoms with E-state index in [4.69, 9.17) is 5.11 Å². The van der Waals surface area contributed by atoms with E-state index in [0.29, 0.717) is 0 Å². The first-order chi connectivity index (χ1) is 5.35. The molecule has 11 heavy (non-hydrogen) atoms. The van der Waals surface area contributed by atoms with Gasteiger partial charge in [-0.2, -0.15) is 0 Å². The molecule has 0 aliphatic rings. The van der Waals surface area contributed by atoms with Crippen molar-refractivity contribution in [3.8, 4) is 0 Å². The lowest BCUT2D eigenvalue weighted by Gasteiger charge is -1.95. The molecule has 0 atom stereocenters. The Morgan fingerprint density at radius 2 is 2.27 bits per heavy atom. The zero-order valence-corrected chi connectivity index (χ0v) is 7.25. The van der Waals surface area contributed by atoms with Gasteiger partial charge in [0.25, 0.3) is 0 Å². The minimum atomic E-state index is 0.209. The molecule has 3 nitrogen and oxygen atoms in total. The predicted octanol–water partition coefficient (Wildman–Crippen LogP) is 1.27. The Hall–Kier alpha value is -0.700. The average molecular weight is 156 g/mol. The van der Waals surface area contributed by atoms with Crippen LogP contribution in [0.2, 0.25) is 0 Å². The van der Waals surface area contributed by atoms with Gasteiger partial charge in [-0.25, -0.2) is 4.99 Å². The fourth-order valence-electron chi connectivity index (χ4n) is 0.668. The molecule has 0 aliphatic heterocycles. The zero-order valence-electron chi connectivity index (χ0n) is 7.25. The highest BCUT2D eigenvalue weighted by Crippen LogP contribution is 1.93. The quantitative estimate of drug-likeness (QED) is 0.483. The molecule has 3 heteroatoms. The number of hydrogen-bond acceptors (Lipinski definition) is 2. The van der Waals surface area contributed by atoms with Crippen molar-refractivity contribution in [1.29, 1.82) is 0 Å². The first kappa shape index (κ1) is 10.3. The molecule has 0 amide bonds. The van der Waals surface area contributed by atoms with Crippen molar-refractivity contribution in [2.24, 2.45) is 9.98 Å². The molecule has 0 aromatic rings. The molecule has 0 aliphatic carbocycles. The van der Waals surface area contributed by atoms with Crippen molar-refractivity contribution < 1.29 is 5.11 Å². The van der Waals surface area contributed by atoms with Crippen LogP contribution in [0.4, 0.5) is 0 Å². The number of aliphatic imine (C=N–C) groups is 2. The standard InChI is InChI=1S/C8H16N2O/c1-3-6-10-8(9-2)5-4-7-11/h6,11H,3-5,7H2,1-2H3. The molecule has 0 aromatic heterocycles. The summed E-state index contributed by atoms with van der Waals surface area (Å²) in [5.41, 5.74) is 0. The van der Waals surface area contributed by atoms with Gasteiger partial charge in [0.1, 0.15) is 5.84 Å². The molecule has 64 valence electrons. The third kappa shape index (κ3) is 5.73. The first-order valence-corrected chi connectivity index (χ1v) is 3.94. The van der Waals surface area contributed by atoms with Crippen LogP contribution in [0.1, 0.15) is 26.2 Å². The summed E-state index contributed by atoms with van der Waals surface area (Å²) in [7, 11) is 1.72.